The number of carbonyl (C=O) groups excluding carboxylic acids is 2. The van der Waals surface area contributed by atoms with E-state index in [1.54, 1.807) is 6.92 Å². The Hall–Kier alpha value is -3.56. The van der Waals surface area contributed by atoms with Gasteiger partial charge in [0.25, 0.3) is 5.91 Å². The van der Waals surface area contributed by atoms with Gasteiger partial charge in [-0.3, -0.25) is 9.59 Å². The number of hydrogen-bond donors (Lipinski definition) is 3. The lowest BCUT2D eigenvalue weighted by molar-refractivity contribution is -0.159. The van der Waals surface area contributed by atoms with E-state index >= 15 is 0 Å². The molecule has 0 saturated heterocycles. The topological polar surface area (TPSA) is 126 Å². The second kappa shape index (κ2) is 12.1. The van der Waals surface area contributed by atoms with Crippen LogP contribution in [0.25, 0.3) is 11.1 Å². The number of aromatic amines is 1. The predicted octanol–water partition coefficient (Wildman–Crippen LogP) is 2.39. The lowest BCUT2D eigenvalue weighted by Gasteiger charge is -2.30. The number of carbonyl (C=O) groups is 2. The quantitative estimate of drug-likeness (QED) is 0.276. The summed E-state index contributed by atoms with van der Waals surface area (Å²) in [7, 11) is 1.51. The molecule has 2 atom stereocenters. The zero-order valence-electron chi connectivity index (χ0n) is 19.4. The summed E-state index contributed by atoms with van der Waals surface area (Å²) >= 11 is 0. The maximum Gasteiger partial charge on any atom is 0.314 e. The van der Waals surface area contributed by atoms with Crippen molar-refractivity contribution in [3.63, 3.8) is 0 Å². The van der Waals surface area contributed by atoms with E-state index in [0.29, 0.717) is 6.42 Å². The van der Waals surface area contributed by atoms with Gasteiger partial charge in [0.15, 0.2) is 5.69 Å². The molecule has 0 bridgehead atoms. The SMILES string of the molecule is COCCOC(=O)[C@](C)(CO)C[C@@H](Cc1ccc(-c2ccccc2)cc1)NC(=O)c1cn[nH]n1. The molecule has 0 fully saturated rings. The fourth-order valence-electron chi connectivity index (χ4n) is 3.64. The minimum absolute atomic E-state index is 0.0852. The normalized spacial score (nSPS) is 13.6. The summed E-state index contributed by atoms with van der Waals surface area (Å²) in [6, 6.07) is 17.6. The summed E-state index contributed by atoms with van der Waals surface area (Å²) < 4.78 is 10.2. The molecule has 0 aliphatic heterocycles. The molecule has 180 valence electrons. The first-order valence-corrected chi connectivity index (χ1v) is 11.0. The summed E-state index contributed by atoms with van der Waals surface area (Å²) in [6.45, 7) is 1.53. The van der Waals surface area contributed by atoms with E-state index in [1.807, 2.05) is 54.6 Å². The maximum absolute atomic E-state index is 12.7. The highest BCUT2D eigenvalue weighted by atomic mass is 16.6. The molecule has 9 nitrogen and oxygen atoms in total. The number of nitrogens with zero attached hydrogens (tertiary/aromatic N) is 2. The summed E-state index contributed by atoms with van der Waals surface area (Å²) in [5.41, 5.74) is 2.08. The van der Waals surface area contributed by atoms with Crippen molar-refractivity contribution in [2.75, 3.05) is 26.9 Å². The molecule has 9 heteroatoms. The lowest BCUT2D eigenvalue weighted by atomic mass is 9.82. The van der Waals surface area contributed by atoms with Crippen molar-refractivity contribution in [1.82, 2.24) is 20.7 Å². The van der Waals surface area contributed by atoms with E-state index in [1.165, 1.54) is 13.3 Å². The fourth-order valence-corrected chi connectivity index (χ4v) is 3.64. The molecule has 0 spiro atoms. The second-order valence-corrected chi connectivity index (χ2v) is 8.34. The van der Waals surface area contributed by atoms with Gasteiger partial charge in [-0.1, -0.05) is 54.6 Å². The molecule has 3 aromatic rings. The number of aliphatic hydroxyl groups excluding tert-OH is 1. The molecule has 0 radical (unpaired) electrons. The molecule has 1 aromatic heterocycles. The zero-order valence-corrected chi connectivity index (χ0v) is 19.4. The third kappa shape index (κ3) is 6.72. The molecular weight excluding hydrogens is 436 g/mol. The monoisotopic (exact) mass is 466 g/mol. The number of aliphatic hydroxyl groups is 1. The summed E-state index contributed by atoms with van der Waals surface area (Å²) in [4.78, 5) is 25.4. The van der Waals surface area contributed by atoms with Crippen LogP contribution in [0.3, 0.4) is 0 Å². The number of ether oxygens (including phenoxy) is 2. The number of nitrogens with one attached hydrogen (secondary N) is 2. The van der Waals surface area contributed by atoms with E-state index in [-0.39, 0.29) is 25.3 Å². The largest absolute Gasteiger partial charge is 0.463 e. The van der Waals surface area contributed by atoms with Crippen molar-refractivity contribution in [3.8, 4) is 11.1 Å². The smallest absolute Gasteiger partial charge is 0.314 e. The Labute approximate surface area is 198 Å². The highest BCUT2D eigenvalue weighted by Crippen LogP contribution is 2.27. The van der Waals surface area contributed by atoms with Crippen LogP contribution >= 0.6 is 0 Å². The first-order chi connectivity index (χ1) is 16.4. The average molecular weight is 467 g/mol. The number of amides is 1. The standard InChI is InChI=1S/C25H30N4O5/c1-25(17-30,24(32)34-13-12-33-2)15-21(27-23(31)22-16-26-29-28-22)14-18-8-10-20(11-9-18)19-6-4-3-5-7-19/h3-11,16,21,30H,12-15,17H2,1-2H3,(H,27,31)(H,26,28,29)/t21-,25+/m1/s1. The number of hydrogen-bond acceptors (Lipinski definition) is 7. The van der Waals surface area contributed by atoms with Crippen LogP contribution in [-0.4, -0.2) is 65.4 Å². The minimum Gasteiger partial charge on any atom is -0.463 e. The zero-order chi connectivity index (χ0) is 24.4. The van der Waals surface area contributed by atoms with Gasteiger partial charge in [0.2, 0.25) is 0 Å². The van der Waals surface area contributed by atoms with E-state index in [2.05, 4.69) is 20.7 Å². The van der Waals surface area contributed by atoms with E-state index < -0.39 is 29.9 Å². The minimum atomic E-state index is -1.21. The van der Waals surface area contributed by atoms with Crippen molar-refractivity contribution < 1.29 is 24.2 Å². The summed E-state index contributed by atoms with van der Waals surface area (Å²) in [5, 5.41) is 22.9. The average Bonchev–Trinajstić information content (AvgIpc) is 3.40. The molecule has 3 N–H and O–H groups in total. The number of aromatic nitrogens is 3. The summed E-state index contributed by atoms with van der Waals surface area (Å²) in [6.07, 6.45) is 1.93. The molecule has 2 aromatic carbocycles. The first-order valence-electron chi connectivity index (χ1n) is 11.0. The Morgan fingerprint density at radius 1 is 1.09 bits per heavy atom. The number of benzene rings is 2. The van der Waals surface area contributed by atoms with Crippen LogP contribution in [0.1, 0.15) is 29.4 Å². The van der Waals surface area contributed by atoms with Crippen LogP contribution in [-0.2, 0) is 20.7 Å². The third-order valence-electron chi connectivity index (χ3n) is 5.59. The number of rotatable bonds is 12. The van der Waals surface area contributed by atoms with E-state index in [4.69, 9.17) is 9.47 Å². The first kappa shape index (κ1) is 25.1. The molecule has 0 unspecified atom stereocenters. The molecule has 0 saturated carbocycles. The second-order valence-electron chi connectivity index (χ2n) is 8.34. The Bertz CT molecular complexity index is 1040. The van der Waals surface area contributed by atoms with Gasteiger partial charge in [-0.05, 0) is 36.5 Å². The van der Waals surface area contributed by atoms with Crippen LogP contribution in [0.2, 0.25) is 0 Å². The van der Waals surface area contributed by atoms with Crippen LogP contribution < -0.4 is 5.32 Å². The van der Waals surface area contributed by atoms with E-state index in [9.17, 15) is 14.7 Å². The molecule has 1 amide bonds. The molecule has 34 heavy (non-hydrogen) atoms. The van der Waals surface area contributed by atoms with Gasteiger partial charge >= 0.3 is 5.97 Å². The Kier molecular flexibility index (Phi) is 8.89. The van der Waals surface area contributed by atoms with Crippen molar-refractivity contribution >= 4 is 11.9 Å². The van der Waals surface area contributed by atoms with Crippen LogP contribution in [0.5, 0.6) is 0 Å². The number of methoxy groups -OCH3 is 1. The molecule has 3 rings (SSSR count). The van der Waals surface area contributed by atoms with Gasteiger partial charge < -0.3 is 19.9 Å². The fraction of sp³-hybridized carbons (Fsp3) is 0.360. The highest BCUT2D eigenvalue weighted by Gasteiger charge is 2.37. The Morgan fingerprint density at radius 2 is 1.79 bits per heavy atom. The molecule has 0 aliphatic carbocycles. The maximum atomic E-state index is 12.7. The van der Waals surface area contributed by atoms with Crippen molar-refractivity contribution in [2.45, 2.75) is 25.8 Å². The van der Waals surface area contributed by atoms with Crippen molar-refractivity contribution in [3.05, 3.63) is 72.1 Å². The van der Waals surface area contributed by atoms with Gasteiger partial charge in [0.05, 0.1) is 24.8 Å². The van der Waals surface area contributed by atoms with Crippen molar-refractivity contribution in [1.29, 1.82) is 0 Å². The van der Waals surface area contributed by atoms with E-state index in [0.717, 1.165) is 16.7 Å². The van der Waals surface area contributed by atoms with Gasteiger partial charge in [0, 0.05) is 13.2 Å². The van der Waals surface area contributed by atoms with Gasteiger partial charge in [0.1, 0.15) is 6.61 Å². The third-order valence-corrected chi connectivity index (χ3v) is 5.59. The van der Waals surface area contributed by atoms with Gasteiger partial charge in [-0.15, -0.1) is 0 Å². The van der Waals surface area contributed by atoms with Gasteiger partial charge in [-0.25, -0.2) is 0 Å². The molecule has 1 heterocycles. The number of H-pyrrole nitrogens is 1. The lowest BCUT2D eigenvalue weighted by Crippen LogP contribution is -2.45. The van der Waals surface area contributed by atoms with Crippen LogP contribution in [0, 0.1) is 5.41 Å². The number of esters is 1. The molecular formula is C25H30N4O5. The highest BCUT2D eigenvalue weighted by molar-refractivity contribution is 5.92. The van der Waals surface area contributed by atoms with Crippen LogP contribution in [0.15, 0.2) is 60.8 Å². The Balaban J connectivity index is 1.77. The predicted molar refractivity (Wildman–Crippen MR) is 126 cm³/mol. The summed E-state index contributed by atoms with van der Waals surface area (Å²) in [5.74, 6) is -0.972. The Morgan fingerprint density at radius 3 is 2.41 bits per heavy atom. The van der Waals surface area contributed by atoms with Crippen LogP contribution in [0.4, 0.5) is 0 Å². The van der Waals surface area contributed by atoms with Gasteiger partial charge in [-0.2, -0.15) is 15.4 Å². The molecule has 0 aliphatic rings. The van der Waals surface area contributed by atoms with Crippen molar-refractivity contribution in [2.24, 2.45) is 5.41 Å².